The molecular weight excluding hydrogens is 306 g/mol. The fourth-order valence-electron chi connectivity index (χ4n) is 3.21. The van der Waals surface area contributed by atoms with E-state index in [-0.39, 0.29) is 11.8 Å². The molecule has 0 aliphatic carbocycles. The van der Waals surface area contributed by atoms with Gasteiger partial charge in [0.2, 0.25) is 11.9 Å². The Morgan fingerprint density at radius 3 is 2.25 bits per heavy atom. The van der Waals surface area contributed by atoms with Crippen LogP contribution in [-0.4, -0.2) is 67.2 Å². The molecule has 0 unspecified atom stereocenters. The lowest BCUT2D eigenvalue weighted by molar-refractivity contribution is -0.122. The standard InChI is InChI=1S/C17H27N5O2/c1-12-15(20-16(23)14-4-10-24-11-5-14)13(2)19-17(18-12)22-8-6-21(3)7-9-22/h14H,4-11H2,1-3H3,(H,20,23). The summed E-state index contributed by atoms with van der Waals surface area (Å²) in [6, 6.07) is 0. The molecule has 0 aromatic carbocycles. The SMILES string of the molecule is Cc1nc(N2CCN(C)CC2)nc(C)c1NC(=O)C1CCOCC1. The smallest absolute Gasteiger partial charge is 0.227 e. The van der Waals surface area contributed by atoms with Crippen LogP contribution in [0.5, 0.6) is 0 Å². The summed E-state index contributed by atoms with van der Waals surface area (Å²) in [6.45, 7) is 9.10. The molecule has 7 nitrogen and oxygen atoms in total. The van der Waals surface area contributed by atoms with Gasteiger partial charge < -0.3 is 19.9 Å². The van der Waals surface area contributed by atoms with Gasteiger partial charge in [-0.3, -0.25) is 4.79 Å². The van der Waals surface area contributed by atoms with Crippen LogP contribution in [0.2, 0.25) is 0 Å². The highest BCUT2D eigenvalue weighted by Gasteiger charge is 2.24. The van der Waals surface area contributed by atoms with Gasteiger partial charge in [-0.1, -0.05) is 0 Å². The van der Waals surface area contributed by atoms with Crippen LogP contribution in [0.25, 0.3) is 0 Å². The van der Waals surface area contributed by atoms with Gasteiger partial charge >= 0.3 is 0 Å². The van der Waals surface area contributed by atoms with Crippen LogP contribution in [0.1, 0.15) is 24.2 Å². The Kier molecular flexibility index (Phi) is 5.30. The predicted octanol–water partition coefficient (Wildman–Crippen LogP) is 1.21. The lowest BCUT2D eigenvalue weighted by atomic mass is 9.99. The molecule has 3 heterocycles. The first-order valence-corrected chi connectivity index (χ1v) is 8.72. The van der Waals surface area contributed by atoms with E-state index in [0.29, 0.717) is 13.2 Å². The predicted molar refractivity (Wildman–Crippen MR) is 93.4 cm³/mol. The maximum absolute atomic E-state index is 12.5. The summed E-state index contributed by atoms with van der Waals surface area (Å²) in [7, 11) is 2.13. The zero-order valence-electron chi connectivity index (χ0n) is 14.8. The lowest BCUT2D eigenvalue weighted by Crippen LogP contribution is -2.45. The molecule has 1 N–H and O–H groups in total. The van der Waals surface area contributed by atoms with Crippen molar-refractivity contribution >= 4 is 17.5 Å². The molecule has 1 aromatic rings. The number of rotatable bonds is 3. The Morgan fingerprint density at radius 1 is 1.08 bits per heavy atom. The van der Waals surface area contributed by atoms with E-state index < -0.39 is 0 Å². The minimum Gasteiger partial charge on any atom is -0.381 e. The third-order valence-corrected chi connectivity index (χ3v) is 4.89. The van der Waals surface area contributed by atoms with E-state index in [9.17, 15) is 4.79 Å². The zero-order valence-corrected chi connectivity index (χ0v) is 14.8. The van der Waals surface area contributed by atoms with E-state index >= 15 is 0 Å². The number of hydrogen-bond acceptors (Lipinski definition) is 6. The number of carbonyl (C=O) groups is 1. The molecule has 0 saturated carbocycles. The topological polar surface area (TPSA) is 70.6 Å². The van der Waals surface area contributed by atoms with E-state index in [2.05, 4.69) is 32.1 Å². The summed E-state index contributed by atoms with van der Waals surface area (Å²) in [4.78, 5) is 26.2. The molecular formula is C17H27N5O2. The minimum atomic E-state index is 0.0230. The van der Waals surface area contributed by atoms with Gasteiger partial charge in [0.05, 0.1) is 17.1 Å². The number of aryl methyl sites for hydroxylation is 2. The van der Waals surface area contributed by atoms with Crippen molar-refractivity contribution in [3.8, 4) is 0 Å². The number of ether oxygens (including phenoxy) is 1. The number of nitrogens with one attached hydrogen (secondary N) is 1. The molecule has 0 radical (unpaired) electrons. The first-order valence-electron chi connectivity index (χ1n) is 8.72. The van der Waals surface area contributed by atoms with Crippen molar-refractivity contribution in [3.63, 3.8) is 0 Å². The Morgan fingerprint density at radius 2 is 1.67 bits per heavy atom. The van der Waals surface area contributed by atoms with E-state index in [1.54, 1.807) is 0 Å². The molecule has 0 bridgehead atoms. The van der Waals surface area contributed by atoms with Crippen LogP contribution < -0.4 is 10.2 Å². The summed E-state index contributed by atoms with van der Waals surface area (Å²) >= 11 is 0. The number of anilines is 2. The summed E-state index contributed by atoms with van der Waals surface area (Å²) in [5, 5.41) is 3.04. The summed E-state index contributed by atoms with van der Waals surface area (Å²) in [5.74, 6) is 0.845. The Bertz CT molecular complexity index is 570. The Labute approximate surface area is 143 Å². The average Bonchev–Trinajstić information content (AvgIpc) is 2.59. The molecule has 24 heavy (non-hydrogen) atoms. The van der Waals surface area contributed by atoms with Gasteiger partial charge in [-0.05, 0) is 33.7 Å². The van der Waals surface area contributed by atoms with Gasteiger partial charge in [0.25, 0.3) is 0 Å². The number of nitrogens with zero attached hydrogens (tertiary/aromatic N) is 4. The first kappa shape index (κ1) is 17.1. The van der Waals surface area contributed by atoms with Gasteiger partial charge in [-0.2, -0.15) is 0 Å². The van der Waals surface area contributed by atoms with E-state index in [1.807, 2.05) is 13.8 Å². The van der Waals surface area contributed by atoms with Crippen LogP contribution in [0.4, 0.5) is 11.6 Å². The normalized spacial score (nSPS) is 20.2. The first-order chi connectivity index (χ1) is 11.5. The quantitative estimate of drug-likeness (QED) is 0.897. The Balaban J connectivity index is 1.71. The molecule has 2 saturated heterocycles. The van der Waals surface area contributed by atoms with Crippen LogP contribution in [0.15, 0.2) is 0 Å². The van der Waals surface area contributed by atoms with Gasteiger partial charge in [0, 0.05) is 45.3 Å². The maximum Gasteiger partial charge on any atom is 0.227 e. The number of carbonyl (C=O) groups excluding carboxylic acids is 1. The largest absolute Gasteiger partial charge is 0.381 e. The number of hydrogen-bond donors (Lipinski definition) is 1. The third-order valence-electron chi connectivity index (χ3n) is 4.89. The van der Waals surface area contributed by atoms with Crippen molar-refractivity contribution in [2.75, 3.05) is 56.7 Å². The fourth-order valence-corrected chi connectivity index (χ4v) is 3.21. The third kappa shape index (κ3) is 3.84. The van der Waals surface area contributed by atoms with Gasteiger partial charge in [0.15, 0.2) is 0 Å². The van der Waals surface area contributed by atoms with Crippen molar-refractivity contribution in [1.82, 2.24) is 14.9 Å². The van der Waals surface area contributed by atoms with Crippen molar-refractivity contribution in [2.24, 2.45) is 5.92 Å². The number of likely N-dealkylation sites (N-methyl/N-ethyl adjacent to an activating group) is 1. The van der Waals surface area contributed by atoms with E-state index in [4.69, 9.17) is 4.74 Å². The molecule has 1 aromatic heterocycles. The van der Waals surface area contributed by atoms with Crippen molar-refractivity contribution in [3.05, 3.63) is 11.4 Å². The van der Waals surface area contributed by atoms with Crippen LogP contribution in [0.3, 0.4) is 0 Å². The molecule has 7 heteroatoms. The number of aromatic nitrogens is 2. The van der Waals surface area contributed by atoms with Crippen molar-refractivity contribution in [1.29, 1.82) is 0 Å². The number of amides is 1. The Hall–Kier alpha value is -1.73. The lowest BCUT2D eigenvalue weighted by Gasteiger charge is -2.32. The summed E-state index contributed by atoms with van der Waals surface area (Å²) in [6.07, 6.45) is 1.56. The van der Waals surface area contributed by atoms with E-state index in [1.165, 1.54) is 0 Å². The van der Waals surface area contributed by atoms with Gasteiger partial charge in [-0.15, -0.1) is 0 Å². The molecule has 2 aliphatic heterocycles. The molecule has 0 spiro atoms. The zero-order chi connectivity index (χ0) is 17.1. The van der Waals surface area contributed by atoms with Crippen LogP contribution >= 0.6 is 0 Å². The molecule has 2 aliphatic rings. The van der Waals surface area contributed by atoms with Crippen molar-refractivity contribution in [2.45, 2.75) is 26.7 Å². The minimum absolute atomic E-state index is 0.0230. The van der Waals surface area contributed by atoms with E-state index in [0.717, 1.165) is 62.0 Å². The number of piperazine rings is 1. The molecule has 1 amide bonds. The average molecular weight is 333 g/mol. The summed E-state index contributed by atoms with van der Waals surface area (Å²) < 4.78 is 5.32. The fraction of sp³-hybridized carbons (Fsp3) is 0.706. The monoisotopic (exact) mass is 333 g/mol. The molecule has 132 valence electrons. The van der Waals surface area contributed by atoms with Gasteiger partial charge in [-0.25, -0.2) is 9.97 Å². The van der Waals surface area contributed by atoms with Crippen LogP contribution in [0, 0.1) is 19.8 Å². The van der Waals surface area contributed by atoms with Gasteiger partial charge in [0.1, 0.15) is 0 Å². The van der Waals surface area contributed by atoms with Crippen LogP contribution in [-0.2, 0) is 9.53 Å². The second-order valence-corrected chi connectivity index (χ2v) is 6.74. The highest BCUT2D eigenvalue weighted by Crippen LogP contribution is 2.23. The maximum atomic E-state index is 12.5. The highest BCUT2D eigenvalue weighted by molar-refractivity contribution is 5.93. The molecule has 0 atom stereocenters. The molecule has 2 fully saturated rings. The highest BCUT2D eigenvalue weighted by atomic mass is 16.5. The second-order valence-electron chi connectivity index (χ2n) is 6.74. The van der Waals surface area contributed by atoms with Crippen molar-refractivity contribution < 1.29 is 9.53 Å². The second kappa shape index (κ2) is 7.44. The molecule has 3 rings (SSSR count). The summed E-state index contributed by atoms with van der Waals surface area (Å²) in [5.41, 5.74) is 2.41.